The van der Waals surface area contributed by atoms with Gasteiger partial charge in [0.1, 0.15) is 0 Å². The minimum atomic E-state index is -3.41. The van der Waals surface area contributed by atoms with Gasteiger partial charge in [-0.15, -0.1) is 0 Å². The second-order valence-electron chi connectivity index (χ2n) is 5.50. The molecular formula is C12H27N5O3S. The van der Waals surface area contributed by atoms with E-state index in [-0.39, 0.29) is 17.9 Å². The normalized spacial score (nSPS) is 21.1. The largest absolute Gasteiger partial charge is 0.409 e. The van der Waals surface area contributed by atoms with E-state index in [4.69, 9.17) is 10.9 Å². The molecule has 0 aliphatic carbocycles. The number of nitrogens with two attached hydrogens (primary N) is 1. The Bertz CT molecular complexity index is 458. The summed E-state index contributed by atoms with van der Waals surface area (Å²) in [6.45, 7) is 7.61. The van der Waals surface area contributed by atoms with Crippen molar-refractivity contribution in [2.24, 2.45) is 10.9 Å². The maximum Gasteiger partial charge on any atom is 0.282 e. The predicted octanol–water partition coefficient (Wildman–Crippen LogP) is -0.286. The van der Waals surface area contributed by atoms with Crippen molar-refractivity contribution in [2.45, 2.75) is 39.3 Å². The van der Waals surface area contributed by atoms with Crippen LogP contribution in [0.2, 0.25) is 0 Å². The number of rotatable bonds is 6. The van der Waals surface area contributed by atoms with Crippen LogP contribution >= 0.6 is 0 Å². The smallest absolute Gasteiger partial charge is 0.282 e. The van der Waals surface area contributed by atoms with Crippen LogP contribution < -0.4 is 5.73 Å². The molecule has 0 amide bonds. The molecule has 1 aliphatic rings. The minimum absolute atomic E-state index is 0.0754. The highest BCUT2D eigenvalue weighted by molar-refractivity contribution is 7.86. The minimum Gasteiger partial charge on any atom is -0.409 e. The van der Waals surface area contributed by atoms with Crippen molar-refractivity contribution in [3.05, 3.63) is 0 Å². The van der Waals surface area contributed by atoms with Crippen LogP contribution in [-0.4, -0.2) is 78.3 Å². The monoisotopic (exact) mass is 321 g/mol. The van der Waals surface area contributed by atoms with Crippen molar-refractivity contribution in [3.63, 3.8) is 0 Å². The van der Waals surface area contributed by atoms with E-state index in [1.807, 2.05) is 20.8 Å². The second-order valence-corrected chi connectivity index (χ2v) is 7.49. The third kappa shape index (κ3) is 4.06. The van der Waals surface area contributed by atoms with Gasteiger partial charge in [0.05, 0.1) is 6.04 Å². The van der Waals surface area contributed by atoms with Gasteiger partial charge in [-0.25, -0.2) is 0 Å². The Labute approximate surface area is 127 Å². The second kappa shape index (κ2) is 7.39. The quantitative estimate of drug-likeness (QED) is 0.303. The van der Waals surface area contributed by atoms with E-state index in [1.165, 1.54) is 8.61 Å². The van der Waals surface area contributed by atoms with Gasteiger partial charge in [-0.1, -0.05) is 12.1 Å². The van der Waals surface area contributed by atoms with Gasteiger partial charge in [-0.3, -0.25) is 4.90 Å². The molecule has 1 aliphatic heterocycles. The standard InChI is InChI=1S/C12H27N5O3S/c1-5-11(12(13)14-18)16-6-8-17(9-7-16)21(19,20)15(4)10(2)3/h10-11,18H,5-9H2,1-4H3,(H2,13,14). The van der Waals surface area contributed by atoms with Gasteiger partial charge in [-0.05, 0) is 20.3 Å². The van der Waals surface area contributed by atoms with Gasteiger partial charge < -0.3 is 10.9 Å². The maximum atomic E-state index is 12.4. The summed E-state index contributed by atoms with van der Waals surface area (Å²) in [5.41, 5.74) is 5.69. The molecule has 0 saturated carbocycles. The molecule has 0 aromatic heterocycles. The summed E-state index contributed by atoms with van der Waals surface area (Å²) in [5.74, 6) is 0.174. The van der Waals surface area contributed by atoms with E-state index < -0.39 is 10.2 Å². The van der Waals surface area contributed by atoms with Gasteiger partial charge >= 0.3 is 0 Å². The molecule has 1 rings (SSSR count). The topological polar surface area (TPSA) is 102 Å². The van der Waals surface area contributed by atoms with Crippen LogP contribution in [0.15, 0.2) is 5.16 Å². The van der Waals surface area contributed by atoms with Crippen molar-refractivity contribution < 1.29 is 13.6 Å². The Morgan fingerprint density at radius 3 is 2.24 bits per heavy atom. The third-order valence-corrected chi connectivity index (χ3v) is 6.14. The summed E-state index contributed by atoms with van der Waals surface area (Å²) in [6.07, 6.45) is 0.717. The Morgan fingerprint density at radius 2 is 1.86 bits per heavy atom. The molecule has 1 atom stereocenters. The van der Waals surface area contributed by atoms with Crippen molar-refractivity contribution in [2.75, 3.05) is 33.2 Å². The van der Waals surface area contributed by atoms with Crippen LogP contribution in [0.5, 0.6) is 0 Å². The first-order valence-corrected chi connectivity index (χ1v) is 8.59. The van der Waals surface area contributed by atoms with E-state index in [9.17, 15) is 8.42 Å². The predicted molar refractivity (Wildman–Crippen MR) is 82.5 cm³/mol. The molecule has 0 spiro atoms. The number of amidine groups is 1. The van der Waals surface area contributed by atoms with Crippen molar-refractivity contribution in [1.29, 1.82) is 0 Å². The highest BCUT2D eigenvalue weighted by Crippen LogP contribution is 2.15. The number of nitrogens with zero attached hydrogens (tertiary/aromatic N) is 4. The maximum absolute atomic E-state index is 12.4. The van der Waals surface area contributed by atoms with Gasteiger partial charge in [0.15, 0.2) is 5.84 Å². The first kappa shape index (κ1) is 18.1. The molecule has 0 aromatic rings. The Kier molecular flexibility index (Phi) is 6.39. The van der Waals surface area contributed by atoms with Crippen LogP contribution in [0, 0.1) is 0 Å². The lowest BCUT2D eigenvalue weighted by atomic mass is 10.1. The molecule has 8 nitrogen and oxygen atoms in total. The van der Waals surface area contributed by atoms with Gasteiger partial charge in [0.25, 0.3) is 10.2 Å². The summed E-state index contributed by atoms with van der Waals surface area (Å²) >= 11 is 0. The first-order chi connectivity index (χ1) is 9.75. The van der Waals surface area contributed by atoms with Crippen LogP contribution in [0.1, 0.15) is 27.2 Å². The Morgan fingerprint density at radius 1 is 1.33 bits per heavy atom. The molecular weight excluding hydrogens is 294 g/mol. The van der Waals surface area contributed by atoms with Crippen molar-refractivity contribution in [1.82, 2.24) is 13.5 Å². The molecule has 1 unspecified atom stereocenters. The van der Waals surface area contributed by atoms with Crippen molar-refractivity contribution in [3.8, 4) is 0 Å². The van der Waals surface area contributed by atoms with E-state index in [0.29, 0.717) is 32.6 Å². The highest BCUT2D eigenvalue weighted by atomic mass is 32.2. The molecule has 3 N–H and O–H groups in total. The zero-order chi connectivity index (χ0) is 16.2. The summed E-state index contributed by atoms with van der Waals surface area (Å²) in [5, 5.41) is 11.9. The number of piperazine rings is 1. The van der Waals surface area contributed by atoms with Crippen LogP contribution in [0.3, 0.4) is 0 Å². The zero-order valence-corrected chi connectivity index (χ0v) is 14.0. The lowest BCUT2D eigenvalue weighted by Crippen LogP contribution is -2.57. The molecule has 0 bridgehead atoms. The van der Waals surface area contributed by atoms with E-state index in [2.05, 4.69) is 10.1 Å². The molecule has 0 radical (unpaired) electrons. The molecule has 1 saturated heterocycles. The molecule has 1 heterocycles. The highest BCUT2D eigenvalue weighted by Gasteiger charge is 2.33. The van der Waals surface area contributed by atoms with Crippen LogP contribution in [-0.2, 0) is 10.2 Å². The fourth-order valence-corrected chi connectivity index (χ4v) is 3.94. The fourth-order valence-electron chi connectivity index (χ4n) is 2.42. The summed E-state index contributed by atoms with van der Waals surface area (Å²) < 4.78 is 27.7. The zero-order valence-electron chi connectivity index (χ0n) is 13.2. The van der Waals surface area contributed by atoms with Crippen LogP contribution in [0.4, 0.5) is 0 Å². The lowest BCUT2D eigenvalue weighted by Gasteiger charge is -2.39. The molecule has 9 heteroatoms. The SMILES string of the molecule is CCC(C(N)=NO)N1CCN(S(=O)(=O)N(C)C(C)C)CC1. The van der Waals surface area contributed by atoms with Gasteiger partial charge in [-0.2, -0.15) is 17.0 Å². The van der Waals surface area contributed by atoms with E-state index >= 15 is 0 Å². The molecule has 124 valence electrons. The molecule has 21 heavy (non-hydrogen) atoms. The van der Waals surface area contributed by atoms with E-state index in [1.54, 1.807) is 7.05 Å². The molecule has 0 aromatic carbocycles. The lowest BCUT2D eigenvalue weighted by molar-refractivity contribution is 0.156. The fraction of sp³-hybridized carbons (Fsp3) is 0.917. The van der Waals surface area contributed by atoms with Gasteiger partial charge in [0.2, 0.25) is 0 Å². The summed E-state index contributed by atoms with van der Waals surface area (Å²) in [7, 11) is -1.82. The number of oxime groups is 1. The van der Waals surface area contributed by atoms with Gasteiger partial charge in [0, 0.05) is 39.3 Å². The number of hydrogen-bond donors (Lipinski definition) is 2. The third-order valence-electron chi connectivity index (χ3n) is 3.98. The molecule has 1 fully saturated rings. The number of hydrogen-bond acceptors (Lipinski definition) is 5. The van der Waals surface area contributed by atoms with Crippen molar-refractivity contribution >= 4 is 16.0 Å². The Hall–Kier alpha value is -0.900. The first-order valence-electron chi connectivity index (χ1n) is 7.20. The summed E-state index contributed by atoms with van der Waals surface area (Å²) in [6, 6.07) is -0.226. The average Bonchev–Trinajstić information content (AvgIpc) is 2.47. The van der Waals surface area contributed by atoms with E-state index in [0.717, 1.165) is 0 Å². The van der Waals surface area contributed by atoms with Crippen LogP contribution in [0.25, 0.3) is 0 Å². The average molecular weight is 321 g/mol. The Balaban J connectivity index is 2.72. The summed E-state index contributed by atoms with van der Waals surface area (Å²) in [4.78, 5) is 2.05.